The zero-order valence-corrected chi connectivity index (χ0v) is 10.2. The van der Waals surface area contributed by atoms with Crippen LogP contribution in [0.2, 0.25) is 5.02 Å². The predicted molar refractivity (Wildman–Crippen MR) is 69.9 cm³/mol. The summed E-state index contributed by atoms with van der Waals surface area (Å²) in [4.78, 5) is 11.7. The number of hydrogen-bond donors (Lipinski definition) is 0. The van der Waals surface area contributed by atoms with Crippen molar-refractivity contribution in [2.45, 2.75) is 0 Å². The van der Waals surface area contributed by atoms with Gasteiger partial charge in [0, 0.05) is 12.4 Å². The van der Waals surface area contributed by atoms with Crippen molar-refractivity contribution in [3.8, 4) is 18.0 Å². The second-order valence-corrected chi connectivity index (χ2v) is 3.94. The lowest BCUT2D eigenvalue weighted by atomic mass is 10.2. The SMILES string of the molecule is C#CCOC(=O)c1ccc(Cl)c(-n2cccc2)c1. The van der Waals surface area contributed by atoms with Crippen LogP contribution in [0.4, 0.5) is 0 Å². The molecular formula is C14H10ClNO2. The van der Waals surface area contributed by atoms with Crippen LogP contribution in [0.3, 0.4) is 0 Å². The number of benzene rings is 1. The number of nitrogens with zero attached hydrogens (tertiary/aromatic N) is 1. The highest BCUT2D eigenvalue weighted by Gasteiger charge is 2.10. The quantitative estimate of drug-likeness (QED) is 0.627. The van der Waals surface area contributed by atoms with Crippen LogP contribution >= 0.6 is 11.6 Å². The summed E-state index contributed by atoms with van der Waals surface area (Å²) in [6.07, 6.45) is 8.72. The Balaban J connectivity index is 2.33. The number of carbonyl (C=O) groups excluding carboxylic acids is 1. The lowest BCUT2D eigenvalue weighted by Crippen LogP contribution is -2.06. The number of esters is 1. The highest BCUT2D eigenvalue weighted by molar-refractivity contribution is 6.32. The Kier molecular flexibility index (Phi) is 3.71. The van der Waals surface area contributed by atoms with E-state index in [1.807, 2.05) is 29.1 Å². The van der Waals surface area contributed by atoms with E-state index in [4.69, 9.17) is 22.8 Å². The summed E-state index contributed by atoms with van der Waals surface area (Å²) in [6.45, 7) is -0.0414. The maximum atomic E-state index is 11.7. The van der Waals surface area contributed by atoms with E-state index in [1.165, 1.54) is 0 Å². The van der Waals surface area contributed by atoms with E-state index in [2.05, 4.69) is 5.92 Å². The topological polar surface area (TPSA) is 31.2 Å². The van der Waals surface area contributed by atoms with Gasteiger partial charge in [0.15, 0.2) is 6.61 Å². The molecule has 0 bridgehead atoms. The molecule has 0 aliphatic carbocycles. The normalized spacial score (nSPS) is 9.78. The standard InChI is InChI=1S/C14H10ClNO2/c1-2-9-18-14(17)11-5-6-12(15)13(10-11)16-7-3-4-8-16/h1,3-8,10H,9H2. The molecule has 0 saturated carbocycles. The molecule has 0 amide bonds. The third kappa shape index (κ3) is 2.55. The average molecular weight is 260 g/mol. The van der Waals surface area contributed by atoms with Crippen LogP contribution in [0.1, 0.15) is 10.4 Å². The fraction of sp³-hybridized carbons (Fsp3) is 0.0714. The number of hydrogen-bond acceptors (Lipinski definition) is 2. The second kappa shape index (κ2) is 5.44. The van der Waals surface area contributed by atoms with Gasteiger partial charge in [-0.2, -0.15) is 0 Å². The van der Waals surface area contributed by atoms with Crippen LogP contribution in [-0.2, 0) is 4.74 Å². The van der Waals surface area contributed by atoms with Gasteiger partial charge in [-0.3, -0.25) is 0 Å². The minimum atomic E-state index is -0.460. The highest BCUT2D eigenvalue weighted by atomic mass is 35.5. The number of rotatable bonds is 3. The van der Waals surface area contributed by atoms with E-state index in [1.54, 1.807) is 18.2 Å². The highest BCUT2D eigenvalue weighted by Crippen LogP contribution is 2.22. The number of terminal acetylenes is 1. The van der Waals surface area contributed by atoms with Crippen LogP contribution in [0, 0.1) is 12.3 Å². The lowest BCUT2D eigenvalue weighted by Gasteiger charge is -2.08. The largest absolute Gasteiger partial charge is 0.449 e. The third-order valence-electron chi connectivity index (χ3n) is 2.35. The van der Waals surface area contributed by atoms with Gasteiger partial charge in [0.05, 0.1) is 16.3 Å². The molecule has 3 nitrogen and oxygen atoms in total. The van der Waals surface area contributed by atoms with Gasteiger partial charge in [0.1, 0.15) is 0 Å². The second-order valence-electron chi connectivity index (χ2n) is 3.54. The zero-order valence-electron chi connectivity index (χ0n) is 9.47. The fourth-order valence-corrected chi connectivity index (χ4v) is 1.74. The maximum absolute atomic E-state index is 11.7. The number of ether oxygens (including phenoxy) is 1. The molecule has 0 aliphatic heterocycles. The Bertz CT molecular complexity index is 597. The molecule has 0 unspecified atom stereocenters. The first kappa shape index (κ1) is 12.3. The summed E-state index contributed by atoms with van der Waals surface area (Å²) in [7, 11) is 0. The Morgan fingerprint density at radius 2 is 2.11 bits per heavy atom. The predicted octanol–water partition coefficient (Wildman–Crippen LogP) is 2.92. The van der Waals surface area contributed by atoms with Crippen molar-refractivity contribution in [2.75, 3.05) is 6.61 Å². The van der Waals surface area contributed by atoms with Crippen molar-refractivity contribution in [3.05, 3.63) is 53.3 Å². The van der Waals surface area contributed by atoms with Crippen LogP contribution in [0.25, 0.3) is 5.69 Å². The number of aromatic nitrogens is 1. The van der Waals surface area contributed by atoms with Crippen molar-refractivity contribution in [3.63, 3.8) is 0 Å². The maximum Gasteiger partial charge on any atom is 0.339 e. The molecule has 1 heterocycles. The van der Waals surface area contributed by atoms with E-state index in [0.29, 0.717) is 10.6 Å². The molecule has 0 fully saturated rings. The molecule has 1 aromatic heterocycles. The summed E-state index contributed by atoms with van der Waals surface area (Å²) >= 11 is 6.09. The lowest BCUT2D eigenvalue weighted by molar-refractivity contribution is 0.0557. The zero-order chi connectivity index (χ0) is 13.0. The van der Waals surface area contributed by atoms with Crippen molar-refractivity contribution in [2.24, 2.45) is 0 Å². The van der Waals surface area contributed by atoms with Crippen LogP contribution in [0.5, 0.6) is 0 Å². The van der Waals surface area contributed by atoms with Crippen LogP contribution in [0.15, 0.2) is 42.7 Å². The molecule has 90 valence electrons. The molecule has 1 aromatic carbocycles. The van der Waals surface area contributed by atoms with Crippen LogP contribution in [-0.4, -0.2) is 17.1 Å². The molecule has 2 rings (SSSR count). The van der Waals surface area contributed by atoms with Crippen molar-refractivity contribution in [1.29, 1.82) is 0 Å². The number of halogens is 1. The van der Waals surface area contributed by atoms with Gasteiger partial charge in [0.25, 0.3) is 0 Å². The molecule has 0 atom stereocenters. The summed E-state index contributed by atoms with van der Waals surface area (Å²) in [5, 5.41) is 0.555. The van der Waals surface area contributed by atoms with E-state index in [0.717, 1.165) is 5.69 Å². The third-order valence-corrected chi connectivity index (χ3v) is 2.67. The molecule has 2 aromatic rings. The van der Waals surface area contributed by atoms with Crippen molar-refractivity contribution < 1.29 is 9.53 Å². The van der Waals surface area contributed by atoms with Crippen molar-refractivity contribution >= 4 is 17.6 Å². The summed E-state index contributed by atoms with van der Waals surface area (Å²) in [5.41, 5.74) is 1.13. The molecule has 4 heteroatoms. The summed E-state index contributed by atoms with van der Waals surface area (Å²) < 4.78 is 6.68. The fourth-order valence-electron chi connectivity index (χ4n) is 1.52. The van der Waals surface area contributed by atoms with Gasteiger partial charge < -0.3 is 9.30 Å². The monoisotopic (exact) mass is 259 g/mol. The van der Waals surface area contributed by atoms with E-state index in [9.17, 15) is 4.79 Å². The number of carbonyl (C=O) groups is 1. The molecule has 0 spiro atoms. The molecule has 18 heavy (non-hydrogen) atoms. The molecular weight excluding hydrogens is 250 g/mol. The first-order valence-corrected chi connectivity index (χ1v) is 5.63. The Morgan fingerprint density at radius 3 is 2.78 bits per heavy atom. The molecule has 0 aliphatic rings. The van der Waals surface area contributed by atoms with Gasteiger partial charge in [-0.05, 0) is 30.3 Å². The van der Waals surface area contributed by atoms with Gasteiger partial charge in [-0.1, -0.05) is 17.5 Å². The minimum absolute atomic E-state index is 0.0414. The van der Waals surface area contributed by atoms with Gasteiger partial charge in [-0.25, -0.2) is 4.79 Å². The average Bonchev–Trinajstić information content (AvgIpc) is 2.90. The van der Waals surface area contributed by atoms with E-state index < -0.39 is 5.97 Å². The Hall–Kier alpha value is -2.18. The van der Waals surface area contributed by atoms with Gasteiger partial charge >= 0.3 is 5.97 Å². The summed E-state index contributed by atoms with van der Waals surface area (Å²) in [5.74, 6) is 1.79. The van der Waals surface area contributed by atoms with E-state index >= 15 is 0 Å². The van der Waals surface area contributed by atoms with Gasteiger partial charge in [0.2, 0.25) is 0 Å². The Labute approximate surface area is 110 Å². The van der Waals surface area contributed by atoms with E-state index in [-0.39, 0.29) is 6.61 Å². The minimum Gasteiger partial charge on any atom is -0.449 e. The smallest absolute Gasteiger partial charge is 0.339 e. The Morgan fingerprint density at radius 1 is 1.39 bits per heavy atom. The first-order chi connectivity index (χ1) is 8.72. The molecule has 0 radical (unpaired) electrons. The first-order valence-electron chi connectivity index (χ1n) is 5.26. The molecule has 0 N–H and O–H groups in total. The summed E-state index contributed by atoms with van der Waals surface area (Å²) in [6, 6.07) is 8.68. The van der Waals surface area contributed by atoms with Crippen molar-refractivity contribution in [1.82, 2.24) is 4.57 Å². The van der Waals surface area contributed by atoms with Gasteiger partial charge in [-0.15, -0.1) is 6.42 Å². The van der Waals surface area contributed by atoms with Crippen LogP contribution < -0.4 is 0 Å². The molecule has 0 saturated heterocycles.